The SMILES string of the molecule is CC(C)(C(=O)O)c1cccc2c1N(CC1CCC1)CC2. The number of para-hydroxylation sites is 1. The van der Waals surface area contributed by atoms with Gasteiger partial charge >= 0.3 is 5.97 Å². The van der Waals surface area contributed by atoms with E-state index in [1.807, 2.05) is 26.0 Å². The van der Waals surface area contributed by atoms with Crippen LogP contribution >= 0.6 is 0 Å². The zero-order valence-corrected chi connectivity index (χ0v) is 12.4. The molecule has 3 rings (SSSR count). The summed E-state index contributed by atoms with van der Waals surface area (Å²) in [5.41, 5.74) is 2.66. The Morgan fingerprint density at radius 3 is 2.75 bits per heavy atom. The lowest BCUT2D eigenvalue weighted by molar-refractivity contribution is -0.142. The summed E-state index contributed by atoms with van der Waals surface area (Å²) in [6, 6.07) is 6.15. The first-order valence-electron chi connectivity index (χ1n) is 7.61. The van der Waals surface area contributed by atoms with Crippen molar-refractivity contribution in [2.75, 3.05) is 18.0 Å². The average molecular weight is 273 g/mol. The molecule has 0 bridgehead atoms. The predicted octanol–water partition coefficient (Wildman–Crippen LogP) is 3.21. The summed E-state index contributed by atoms with van der Waals surface area (Å²) in [5.74, 6) is 0.0586. The van der Waals surface area contributed by atoms with E-state index in [2.05, 4.69) is 11.0 Å². The monoisotopic (exact) mass is 273 g/mol. The van der Waals surface area contributed by atoms with Gasteiger partial charge in [-0.15, -0.1) is 0 Å². The Kier molecular flexibility index (Phi) is 3.23. The molecule has 0 spiro atoms. The number of carboxylic acid groups (broad SMARTS) is 1. The van der Waals surface area contributed by atoms with Crippen LogP contribution < -0.4 is 4.90 Å². The van der Waals surface area contributed by atoms with E-state index >= 15 is 0 Å². The topological polar surface area (TPSA) is 40.5 Å². The molecule has 3 nitrogen and oxygen atoms in total. The summed E-state index contributed by atoms with van der Waals surface area (Å²) in [6.07, 6.45) is 5.06. The molecule has 2 aliphatic rings. The first kappa shape index (κ1) is 13.5. The van der Waals surface area contributed by atoms with Gasteiger partial charge in [0.15, 0.2) is 0 Å². The summed E-state index contributed by atoms with van der Waals surface area (Å²) < 4.78 is 0. The van der Waals surface area contributed by atoms with Crippen LogP contribution in [-0.2, 0) is 16.6 Å². The van der Waals surface area contributed by atoms with Crippen molar-refractivity contribution in [2.45, 2.75) is 44.9 Å². The van der Waals surface area contributed by atoms with Gasteiger partial charge in [0.2, 0.25) is 0 Å². The Hall–Kier alpha value is -1.51. The fraction of sp³-hybridized carbons (Fsp3) is 0.588. The molecular weight excluding hydrogens is 250 g/mol. The van der Waals surface area contributed by atoms with Crippen molar-refractivity contribution in [2.24, 2.45) is 5.92 Å². The van der Waals surface area contributed by atoms with Crippen molar-refractivity contribution in [3.05, 3.63) is 29.3 Å². The molecule has 20 heavy (non-hydrogen) atoms. The van der Waals surface area contributed by atoms with Crippen LogP contribution in [0.3, 0.4) is 0 Å². The van der Waals surface area contributed by atoms with Crippen molar-refractivity contribution in [1.82, 2.24) is 0 Å². The molecule has 3 heteroatoms. The van der Waals surface area contributed by atoms with Crippen LogP contribution in [0.5, 0.6) is 0 Å². The van der Waals surface area contributed by atoms with E-state index in [9.17, 15) is 9.90 Å². The zero-order valence-electron chi connectivity index (χ0n) is 12.4. The molecule has 1 N–H and O–H groups in total. The number of anilines is 1. The Balaban J connectivity index is 1.96. The van der Waals surface area contributed by atoms with Gasteiger partial charge in [-0.25, -0.2) is 0 Å². The van der Waals surface area contributed by atoms with E-state index in [1.54, 1.807) is 0 Å². The predicted molar refractivity (Wildman–Crippen MR) is 80.4 cm³/mol. The molecule has 1 aromatic carbocycles. The molecule has 108 valence electrons. The van der Waals surface area contributed by atoms with Gasteiger partial charge in [0, 0.05) is 18.8 Å². The summed E-state index contributed by atoms with van der Waals surface area (Å²) in [7, 11) is 0. The molecule has 0 saturated heterocycles. The normalized spacial score (nSPS) is 18.8. The molecule has 1 heterocycles. The number of aliphatic carboxylic acids is 1. The molecule has 1 fully saturated rings. The van der Waals surface area contributed by atoms with Gasteiger partial charge in [-0.1, -0.05) is 24.6 Å². The first-order valence-corrected chi connectivity index (χ1v) is 7.61. The highest BCUT2D eigenvalue weighted by Gasteiger charge is 2.36. The molecule has 1 aliphatic carbocycles. The Labute approximate surface area is 120 Å². The molecule has 0 unspecified atom stereocenters. The van der Waals surface area contributed by atoms with E-state index < -0.39 is 11.4 Å². The van der Waals surface area contributed by atoms with E-state index in [4.69, 9.17) is 0 Å². The summed E-state index contributed by atoms with van der Waals surface area (Å²) >= 11 is 0. The zero-order chi connectivity index (χ0) is 14.3. The van der Waals surface area contributed by atoms with Gasteiger partial charge in [-0.3, -0.25) is 4.79 Å². The van der Waals surface area contributed by atoms with Gasteiger partial charge in [0.05, 0.1) is 5.41 Å². The third kappa shape index (κ3) is 2.09. The fourth-order valence-corrected chi connectivity index (χ4v) is 3.32. The van der Waals surface area contributed by atoms with Crippen LogP contribution in [-0.4, -0.2) is 24.2 Å². The van der Waals surface area contributed by atoms with Gasteiger partial charge in [-0.05, 0) is 50.2 Å². The third-order valence-electron chi connectivity index (χ3n) is 5.00. The van der Waals surface area contributed by atoms with Crippen LogP contribution in [0, 0.1) is 5.92 Å². The van der Waals surface area contributed by atoms with Crippen molar-refractivity contribution in [3.63, 3.8) is 0 Å². The van der Waals surface area contributed by atoms with Gasteiger partial charge in [-0.2, -0.15) is 0 Å². The molecule has 0 radical (unpaired) electrons. The number of rotatable bonds is 4. The number of carbonyl (C=O) groups is 1. The van der Waals surface area contributed by atoms with Crippen molar-refractivity contribution >= 4 is 11.7 Å². The highest BCUT2D eigenvalue weighted by Crippen LogP contribution is 2.40. The number of nitrogens with zero attached hydrogens (tertiary/aromatic N) is 1. The van der Waals surface area contributed by atoms with Crippen LogP contribution in [0.4, 0.5) is 5.69 Å². The van der Waals surface area contributed by atoms with Gasteiger partial charge < -0.3 is 10.0 Å². The molecule has 0 amide bonds. The maximum atomic E-state index is 11.6. The number of hydrogen-bond donors (Lipinski definition) is 1. The average Bonchev–Trinajstić information content (AvgIpc) is 2.76. The van der Waals surface area contributed by atoms with E-state index in [0.717, 1.165) is 31.0 Å². The fourth-order valence-electron chi connectivity index (χ4n) is 3.32. The summed E-state index contributed by atoms with van der Waals surface area (Å²) in [4.78, 5) is 14.0. The van der Waals surface area contributed by atoms with E-state index in [-0.39, 0.29) is 0 Å². The Morgan fingerprint density at radius 1 is 1.40 bits per heavy atom. The van der Waals surface area contributed by atoms with Gasteiger partial charge in [0.1, 0.15) is 0 Å². The number of benzene rings is 1. The molecule has 0 aromatic heterocycles. The van der Waals surface area contributed by atoms with Crippen molar-refractivity contribution in [3.8, 4) is 0 Å². The first-order chi connectivity index (χ1) is 9.50. The van der Waals surface area contributed by atoms with E-state index in [0.29, 0.717) is 0 Å². The second-order valence-corrected chi connectivity index (χ2v) is 6.74. The minimum absolute atomic E-state index is 0.749. The maximum Gasteiger partial charge on any atom is 0.313 e. The molecule has 0 atom stereocenters. The second-order valence-electron chi connectivity index (χ2n) is 6.74. The minimum Gasteiger partial charge on any atom is -0.481 e. The second kappa shape index (κ2) is 4.80. The lowest BCUT2D eigenvalue weighted by atomic mass is 9.82. The lowest BCUT2D eigenvalue weighted by Crippen LogP contribution is -2.35. The van der Waals surface area contributed by atoms with E-state index in [1.165, 1.54) is 30.5 Å². The van der Waals surface area contributed by atoms with Crippen LogP contribution in [0.15, 0.2) is 18.2 Å². The van der Waals surface area contributed by atoms with Crippen LogP contribution in [0.2, 0.25) is 0 Å². The standard InChI is InChI=1S/C17H23NO2/c1-17(2,16(19)20)14-8-4-7-13-9-10-18(15(13)14)11-12-5-3-6-12/h4,7-8,12H,3,5-6,9-11H2,1-2H3,(H,19,20). The smallest absolute Gasteiger partial charge is 0.313 e. The maximum absolute atomic E-state index is 11.6. The number of carboxylic acids is 1. The summed E-state index contributed by atoms with van der Waals surface area (Å²) in [5, 5.41) is 9.53. The van der Waals surface area contributed by atoms with Crippen LogP contribution in [0.1, 0.15) is 44.2 Å². The lowest BCUT2D eigenvalue weighted by Gasteiger charge is -2.34. The van der Waals surface area contributed by atoms with Crippen molar-refractivity contribution in [1.29, 1.82) is 0 Å². The summed E-state index contributed by atoms with van der Waals surface area (Å²) in [6.45, 7) is 5.76. The highest BCUT2D eigenvalue weighted by molar-refractivity contribution is 5.84. The number of hydrogen-bond acceptors (Lipinski definition) is 2. The molecule has 1 saturated carbocycles. The highest BCUT2D eigenvalue weighted by atomic mass is 16.4. The van der Waals surface area contributed by atoms with Crippen LogP contribution in [0.25, 0.3) is 0 Å². The molecule has 1 aromatic rings. The quantitative estimate of drug-likeness (QED) is 0.915. The molecule has 1 aliphatic heterocycles. The largest absolute Gasteiger partial charge is 0.481 e. The Morgan fingerprint density at radius 2 is 2.15 bits per heavy atom. The van der Waals surface area contributed by atoms with Gasteiger partial charge in [0.25, 0.3) is 0 Å². The minimum atomic E-state index is -0.826. The third-order valence-corrected chi connectivity index (χ3v) is 5.00. The van der Waals surface area contributed by atoms with Crippen molar-refractivity contribution < 1.29 is 9.90 Å². The molecular formula is C17H23NO2. The Bertz CT molecular complexity index is 532. The number of fused-ring (bicyclic) bond motifs is 1.